The summed E-state index contributed by atoms with van der Waals surface area (Å²) in [7, 11) is 0. The third kappa shape index (κ3) is 5.14. The number of rotatable bonds is 7. The fourth-order valence-electron chi connectivity index (χ4n) is 3.12. The molecule has 0 aliphatic heterocycles. The quantitative estimate of drug-likeness (QED) is 0.490. The first-order chi connectivity index (χ1) is 15.1. The second kappa shape index (κ2) is 9.21. The number of aryl methyl sites for hydroxylation is 1. The molecule has 1 amide bonds. The zero-order valence-electron chi connectivity index (χ0n) is 16.6. The molecule has 7 heteroatoms. The van der Waals surface area contributed by atoms with E-state index in [4.69, 9.17) is 4.74 Å². The predicted octanol–water partition coefficient (Wildman–Crippen LogP) is 4.14. The molecule has 0 bridgehead atoms. The minimum atomic E-state index is -0.296. The lowest BCUT2D eigenvalue weighted by atomic mass is 10.2. The minimum Gasteiger partial charge on any atom is -0.489 e. The molecule has 0 fully saturated rings. The largest absolute Gasteiger partial charge is 0.489 e. The maximum absolute atomic E-state index is 13.0. The number of hydrogen-bond donors (Lipinski definition) is 1. The molecular formula is C24H20FN3O3. The van der Waals surface area contributed by atoms with Gasteiger partial charge >= 0.3 is 0 Å². The number of aromatic nitrogens is 2. The van der Waals surface area contributed by atoms with E-state index >= 15 is 0 Å². The second-order valence-corrected chi connectivity index (χ2v) is 7.00. The van der Waals surface area contributed by atoms with E-state index in [0.29, 0.717) is 22.3 Å². The number of benzene rings is 3. The lowest BCUT2D eigenvalue weighted by Gasteiger charge is -2.10. The third-order valence-electron chi connectivity index (χ3n) is 4.75. The topological polar surface area (TPSA) is 73.2 Å². The van der Waals surface area contributed by atoms with Crippen molar-refractivity contribution >= 4 is 22.5 Å². The number of nitrogens with zero attached hydrogens (tertiary/aromatic N) is 2. The number of nitrogens with one attached hydrogen (secondary N) is 1. The molecule has 0 unspecified atom stereocenters. The fraction of sp³-hybridized carbons (Fsp3) is 0.125. The van der Waals surface area contributed by atoms with Gasteiger partial charge in [-0.15, -0.1) is 0 Å². The molecule has 1 aromatic heterocycles. The summed E-state index contributed by atoms with van der Waals surface area (Å²) in [6, 6.07) is 20.2. The molecule has 31 heavy (non-hydrogen) atoms. The number of anilines is 1. The van der Waals surface area contributed by atoms with E-state index in [-0.39, 0.29) is 36.9 Å². The average molecular weight is 417 g/mol. The number of carbonyl (C=O) groups excluding carboxylic acids is 1. The van der Waals surface area contributed by atoms with Crippen LogP contribution in [-0.2, 0) is 17.9 Å². The standard InChI is InChI=1S/C24H20FN3O3/c25-18-10-8-17(9-11-18)15-31-20-5-3-4-19(14-20)27-23(29)12-13-28-16-26-22-7-2-1-6-21(22)24(28)30/h1-11,14,16H,12-13,15H2,(H,27,29). The monoisotopic (exact) mass is 417 g/mol. The molecule has 0 atom stereocenters. The summed E-state index contributed by atoms with van der Waals surface area (Å²) in [6.45, 7) is 0.513. The maximum atomic E-state index is 13.0. The molecule has 0 aliphatic carbocycles. The lowest BCUT2D eigenvalue weighted by Crippen LogP contribution is -2.23. The minimum absolute atomic E-state index is 0.126. The molecule has 1 N–H and O–H groups in total. The molecular weight excluding hydrogens is 397 g/mol. The molecule has 156 valence electrons. The average Bonchev–Trinajstić information content (AvgIpc) is 2.79. The van der Waals surface area contributed by atoms with Crippen molar-refractivity contribution in [2.24, 2.45) is 0 Å². The zero-order valence-corrected chi connectivity index (χ0v) is 16.6. The molecule has 4 rings (SSSR count). The Bertz CT molecular complexity index is 1270. The predicted molar refractivity (Wildman–Crippen MR) is 116 cm³/mol. The normalized spacial score (nSPS) is 10.7. The molecule has 0 saturated heterocycles. The van der Waals surface area contributed by atoms with E-state index in [1.807, 2.05) is 6.07 Å². The SMILES string of the molecule is O=C(CCn1cnc2ccccc2c1=O)Nc1cccc(OCc2ccc(F)cc2)c1. The van der Waals surface area contributed by atoms with Crippen LogP contribution < -0.4 is 15.6 Å². The number of halogens is 1. The van der Waals surface area contributed by atoms with Gasteiger partial charge in [-0.2, -0.15) is 0 Å². The summed E-state index contributed by atoms with van der Waals surface area (Å²) in [4.78, 5) is 29.1. The Morgan fingerprint density at radius 2 is 1.84 bits per heavy atom. The van der Waals surface area contributed by atoms with Gasteiger partial charge < -0.3 is 10.1 Å². The van der Waals surface area contributed by atoms with Crippen LogP contribution in [0.3, 0.4) is 0 Å². The van der Waals surface area contributed by atoms with Gasteiger partial charge in [0, 0.05) is 24.7 Å². The van der Waals surface area contributed by atoms with Crippen LogP contribution in [0.25, 0.3) is 10.9 Å². The van der Waals surface area contributed by atoms with Gasteiger partial charge in [-0.1, -0.05) is 30.3 Å². The van der Waals surface area contributed by atoms with Crippen molar-refractivity contribution in [1.82, 2.24) is 9.55 Å². The molecule has 0 spiro atoms. The van der Waals surface area contributed by atoms with Gasteiger partial charge in [-0.25, -0.2) is 9.37 Å². The van der Waals surface area contributed by atoms with Crippen LogP contribution in [0.4, 0.5) is 10.1 Å². The first kappa shape index (κ1) is 20.3. The van der Waals surface area contributed by atoms with Crippen molar-refractivity contribution in [2.45, 2.75) is 19.6 Å². The number of hydrogen-bond acceptors (Lipinski definition) is 4. The van der Waals surface area contributed by atoms with Crippen LogP contribution >= 0.6 is 0 Å². The van der Waals surface area contributed by atoms with Crippen molar-refractivity contribution in [3.05, 3.63) is 101 Å². The van der Waals surface area contributed by atoms with E-state index in [0.717, 1.165) is 5.56 Å². The molecule has 0 saturated carbocycles. The van der Waals surface area contributed by atoms with E-state index in [9.17, 15) is 14.0 Å². The van der Waals surface area contributed by atoms with Crippen molar-refractivity contribution in [3.8, 4) is 5.75 Å². The third-order valence-corrected chi connectivity index (χ3v) is 4.75. The van der Waals surface area contributed by atoms with Crippen LogP contribution in [-0.4, -0.2) is 15.5 Å². The Labute approximate surface area is 177 Å². The van der Waals surface area contributed by atoms with E-state index in [1.165, 1.54) is 23.0 Å². The van der Waals surface area contributed by atoms with Crippen LogP contribution in [0, 0.1) is 5.82 Å². The molecule has 0 radical (unpaired) electrons. The molecule has 3 aromatic carbocycles. The highest BCUT2D eigenvalue weighted by Crippen LogP contribution is 2.19. The first-order valence-electron chi connectivity index (χ1n) is 9.80. The summed E-state index contributed by atoms with van der Waals surface area (Å²) in [5.41, 5.74) is 1.89. The number of para-hydroxylation sites is 1. The molecule has 1 heterocycles. The number of ether oxygens (including phenoxy) is 1. The highest BCUT2D eigenvalue weighted by molar-refractivity contribution is 5.90. The highest BCUT2D eigenvalue weighted by Gasteiger charge is 2.08. The number of amides is 1. The summed E-state index contributed by atoms with van der Waals surface area (Å²) in [5, 5.41) is 3.33. The van der Waals surface area contributed by atoms with Gasteiger partial charge in [0.2, 0.25) is 5.91 Å². The highest BCUT2D eigenvalue weighted by atomic mass is 19.1. The van der Waals surface area contributed by atoms with E-state index in [2.05, 4.69) is 10.3 Å². The van der Waals surface area contributed by atoms with Crippen LogP contribution in [0.15, 0.2) is 83.9 Å². The van der Waals surface area contributed by atoms with Gasteiger partial charge in [0.15, 0.2) is 0 Å². The lowest BCUT2D eigenvalue weighted by molar-refractivity contribution is -0.116. The van der Waals surface area contributed by atoms with Gasteiger partial charge in [0.1, 0.15) is 18.2 Å². The van der Waals surface area contributed by atoms with Crippen molar-refractivity contribution in [1.29, 1.82) is 0 Å². The van der Waals surface area contributed by atoms with Gasteiger partial charge in [-0.3, -0.25) is 14.2 Å². The summed E-state index contributed by atoms with van der Waals surface area (Å²) in [5.74, 6) is 0.0583. The van der Waals surface area contributed by atoms with Crippen LogP contribution in [0.5, 0.6) is 5.75 Å². The maximum Gasteiger partial charge on any atom is 0.261 e. The second-order valence-electron chi connectivity index (χ2n) is 7.00. The number of fused-ring (bicyclic) bond motifs is 1. The van der Waals surface area contributed by atoms with Gasteiger partial charge in [-0.05, 0) is 42.0 Å². The van der Waals surface area contributed by atoms with Gasteiger partial charge in [0.05, 0.1) is 17.2 Å². The first-order valence-corrected chi connectivity index (χ1v) is 9.80. The van der Waals surface area contributed by atoms with Crippen LogP contribution in [0.1, 0.15) is 12.0 Å². The summed E-state index contributed by atoms with van der Waals surface area (Å²) >= 11 is 0. The van der Waals surface area contributed by atoms with Gasteiger partial charge in [0.25, 0.3) is 5.56 Å². The smallest absolute Gasteiger partial charge is 0.261 e. The zero-order chi connectivity index (χ0) is 21.6. The number of carbonyl (C=O) groups is 1. The van der Waals surface area contributed by atoms with E-state index in [1.54, 1.807) is 54.6 Å². The Kier molecular flexibility index (Phi) is 6.03. The summed E-state index contributed by atoms with van der Waals surface area (Å²) < 4.78 is 20.1. The van der Waals surface area contributed by atoms with Crippen molar-refractivity contribution in [3.63, 3.8) is 0 Å². The Hall–Kier alpha value is -4.00. The molecule has 0 aliphatic rings. The summed E-state index contributed by atoms with van der Waals surface area (Å²) in [6.07, 6.45) is 1.59. The molecule has 4 aromatic rings. The Morgan fingerprint density at radius 3 is 2.68 bits per heavy atom. The Balaban J connectivity index is 1.34. The molecule has 6 nitrogen and oxygen atoms in total. The van der Waals surface area contributed by atoms with Crippen molar-refractivity contribution in [2.75, 3.05) is 5.32 Å². The van der Waals surface area contributed by atoms with Crippen LogP contribution in [0.2, 0.25) is 0 Å². The fourth-order valence-corrected chi connectivity index (χ4v) is 3.12. The van der Waals surface area contributed by atoms with E-state index < -0.39 is 0 Å². The Morgan fingerprint density at radius 1 is 1.03 bits per heavy atom. The van der Waals surface area contributed by atoms with Crippen molar-refractivity contribution < 1.29 is 13.9 Å².